The van der Waals surface area contributed by atoms with Crippen LogP contribution in [0.25, 0.3) is 0 Å². The van der Waals surface area contributed by atoms with Crippen molar-refractivity contribution in [1.82, 2.24) is 18.8 Å². The number of fused-ring (bicyclic) bond motifs is 1. The minimum absolute atomic E-state index is 0.206. The molecule has 0 unspecified atom stereocenters. The molecule has 30 heavy (non-hydrogen) atoms. The maximum Gasteiger partial charge on any atom is 0.257 e. The molecule has 1 aromatic carbocycles. The van der Waals surface area contributed by atoms with E-state index in [1.54, 1.807) is 29.0 Å². The lowest BCUT2D eigenvalue weighted by atomic mass is 10.1. The predicted octanol–water partition coefficient (Wildman–Crippen LogP) is 2.49. The van der Waals surface area contributed by atoms with Crippen molar-refractivity contribution < 1.29 is 13.2 Å². The van der Waals surface area contributed by atoms with Crippen molar-refractivity contribution in [2.24, 2.45) is 0 Å². The Bertz CT molecular complexity index is 1170. The number of hydrogen-bond donors (Lipinski definition) is 1. The van der Waals surface area contributed by atoms with E-state index in [-0.39, 0.29) is 11.2 Å². The number of nitrogens with zero attached hydrogens (tertiary/aromatic N) is 4. The molecule has 10 heteroatoms. The lowest BCUT2D eigenvalue weighted by molar-refractivity contribution is 0.102. The highest BCUT2D eigenvalue weighted by Gasteiger charge is 2.41. The van der Waals surface area contributed by atoms with Crippen LogP contribution in [0.1, 0.15) is 39.3 Å². The first-order valence-corrected chi connectivity index (χ1v) is 12.1. The fourth-order valence-electron chi connectivity index (χ4n) is 3.54. The van der Waals surface area contributed by atoms with Gasteiger partial charge in [0.15, 0.2) is 5.13 Å². The van der Waals surface area contributed by atoms with Gasteiger partial charge in [-0.15, -0.1) is 11.3 Å². The number of anilines is 1. The molecule has 0 saturated heterocycles. The number of hydrogen-bond acceptors (Lipinski definition) is 6. The number of carbonyl (C=O) groups is 1. The van der Waals surface area contributed by atoms with Gasteiger partial charge in [0.2, 0.25) is 10.0 Å². The minimum Gasteiger partial charge on any atom is -0.333 e. The molecule has 1 N–H and O–H groups in total. The van der Waals surface area contributed by atoms with E-state index in [9.17, 15) is 13.2 Å². The zero-order valence-corrected chi connectivity index (χ0v) is 17.8. The van der Waals surface area contributed by atoms with Gasteiger partial charge in [-0.2, -0.15) is 4.31 Å². The van der Waals surface area contributed by atoms with E-state index < -0.39 is 10.0 Å². The van der Waals surface area contributed by atoms with Gasteiger partial charge < -0.3 is 4.57 Å². The average Bonchev–Trinajstić information content (AvgIpc) is 3.35. The van der Waals surface area contributed by atoms with Crippen molar-refractivity contribution in [3.05, 3.63) is 64.7 Å². The minimum atomic E-state index is -3.19. The van der Waals surface area contributed by atoms with Crippen LogP contribution >= 0.6 is 11.3 Å². The fraction of sp³-hybridized carbons (Fsp3) is 0.350. The van der Waals surface area contributed by atoms with Gasteiger partial charge in [-0.25, -0.2) is 18.4 Å². The Balaban J connectivity index is 1.24. The molecule has 0 atom stereocenters. The van der Waals surface area contributed by atoms with E-state index >= 15 is 0 Å². The summed E-state index contributed by atoms with van der Waals surface area (Å²) < 4.78 is 28.5. The first-order chi connectivity index (χ1) is 14.5. The summed E-state index contributed by atoms with van der Waals surface area (Å²) in [6.45, 7) is 1.51. The molecule has 156 valence electrons. The number of aromatic nitrogens is 3. The molecule has 0 bridgehead atoms. The Kier molecular flexibility index (Phi) is 4.92. The van der Waals surface area contributed by atoms with Crippen LogP contribution in [0.2, 0.25) is 0 Å². The molecule has 8 nitrogen and oxygen atoms in total. The van der Waals surface area contributed by atoms with Gasteiger partial charge in [-0.3, -0.25) is 10.1 Å². The van der Waals surface area contributed by atoms with Crippen molar-refractivity contribution in [2.75, 3.05) is 11.9 Å². The third-order valence-corrected chi connectivity index (χ3v) is 8.71. The van der Waals surface area contributed by atoms with Gasteiger partial charge in [-0.05, 0) is 30.5 Å². The highest BCUT2D eigenvalue weighted by Crippen LogP contribution is 2.35. The standard InChI is InChI=1S/C20H21N5O3S2/c26-19(15-3-1-14(2-4-15)11-24-10-8-21-13-24)23-20-22-17-7-9-25(12-18(17)29-20)30(27,28)16-5-6-16/h1-4,8,10,13,16H,5-7,9,11-12H2,(H,22,23,26). The van der Waals surface area contributed by atoms with Crippen LogP contribution < -0.4 is 5.32 Å². The average molecular weight is 444 g/mol. The third kappa shape index (κ3) is 3.90. The molecule has 2 aromatic heterocycles. The van der Waals surface area contributed by atoms with E-state index in [1.807, 2.05) is 22.9 Å². The summed E-state index contributed by atoms with van der Waals surface area (Å²) in [6.07, 6.45) is 7.48. The van der Waals surface area contributed by atoms with Crippen LogP contribution in [0.4, 0.5) is 5.13 Å². The second-order valence-electron chi connectivity index (χ2n) is 7.60. The number of rotatable bonds is 6. The monoisotopic (exact) mass is 443 g/mol. The van der Waals surface area contributed by atoms with Crippen LogP contribution in [0.3, 0.4) is 0 Å². The van der Waals surface area contributed by atoms with E-state index in [4.69, 9.17) is 0 Å². The number of thiazole rings is 1. The molecule has 1 saturated carbocycles. The van der Waals surface area contributed by atoms with Crippen LogP contribution in [0.15, 0.2) is 43.0 Å². The van der Waals surface area contributed by atoms with Gasteiger partial charge in [0.25, 0.3) is 5.91 Å². The molecule has 3 heterocycles. The molecule has 0 radical (unpaired) electrons. The number of benzene rings is 1. The molecular formula is C20H21N5O3S2. The summed E-state index contributed by atoms with van der Waals surface area (Å²) in [5, 5.41) is 3.16. The highest BCUT2D eigenvalue weighted by atomic mass is 32.2. The molecule has 1 aliphatic carbocycles. The molecule has 5 rings (SSSR count). The molecule has 1 fully saturated rings. The Hall–Kier alpha value is -2.56. The van der Waals surface area contributed by atoms with Crippen LogP contribution in [0.5, 0.6) is 0 Å². The normalized spacial score (nSPS) is 16.9. The van der Waals surface area contributed by atoms with Gasteiger partial charge in [-0.1, -0.05) is 12.1 Å². The summed E-state index contributed by atoms with van der Waals surface area (Å²) in [4.78, 5) is 22.1. The van der Waals surface area contributed by atoms with Crippen LogP contribution in [0, 0.1) is 0 Å². The number of imidazole rings is 1. The van der Waals surface area contributed by atoms with Crippen LogP contribution in [-0.4, -0.2) is 45.0 Å². The lowest BCUT2D eigenvalue weighted by Crippen LogP contribution is -2.37. The smallest absolute Gasteiger partial charge is 0.257 e. The summed E-state index contributed by atoms with van der Waals surface area (Å²) in [6, 6.07) is 7.42. The highest BCUT2D eigenvalue weighted by molar-refractivity contribution is 7.90. The van der Waals surface area contributed by atoms with Crippen molar-refractivity contribution in [2.45, 2.75) is 37.6 Å². The fourth-order valence-corrected chi connectivity index (χ4v) is 6.45. The summed E-state index contributed by atoms with van der Waals surface area (Å²) >= 11 is 1.36. The number of nitrogens with one attached hydrogen (secondary N) is 1. The van der Waals surface area contributed by atoms with Crippen molar-refractivity contribution >= 4 is 32.4 Å². The summed E-state index contributed by atoms with van der Waals surface area (Å²) in [5.74, 6) is -0.224. The first kappa shape index (κ1) is 19.4. The molecular weight excluding hydrogens is 422 g/mol. The van der Waals surface area contributed by atoms with Crippen molar-refractivity contribution in [3.8, 4) is 0 Å². The quantitative estimate of drug-likeness (QED) is 0.631. The maximum atomic E-state index is 12.6. The Labute approximate surface area is 178 Å². The van der Waals surface area contributed by atoms with E-state index in [2.05, 4.69) is 15.3 Å². The van der Waals surface area contributed by atoms with Crippen molar-refractivity contribution in [1.29, 1.82) is 0 Å². The lowest BCUT2D eigenvalue weighted by Gasteiger charge is -2.25. The van der Waals surface area contributed by atoms with Gasteiger partial charge in [0, 0.05) is 48.9 Å². The predicted molar refractivity (Wildman–Crippen MR) is 114 cm³/mol. The Morgan fingerprint density at radius 1 is 1.23 bits per heavy atom. The molecule has 1 aliphatic heterocycles. The zero-order valence-electron chi connectivity index (χ0n) is 16.2. The second kappa shape index (κ2) is 7.60. The third-order valence-electron chi connectivity index (χ3n) is 5.36. The first-order valence-electron chi connectivity index (χ1n) is 9.82. The Morgan fingerprint density at radius 2 is 2.03 bits per heavy atom. The van der Waals surface area contributed by atoms with Crippen LogP contribution in [-0.2, 0) is 29.5 Å². The number of sulfonamides is 1. The van der Waals surface area contributed by atoms with Crippen molar-refractivity contribution in [3.63, 3.8) is 0 Å². The van der Waals surface area contributed by atoms with Gasteiger partial charge >= 0.3 is 0 Å². The molecule has 0 spiro atoms. The number of carbonyl (C=O) groups excluding carboxylic acids is 1. The van der Waals surface area contributed by atoms with E-state index in [0.29, 0.717) is 36.8 Å². The second-order valence-corrected chi connectivity index (χ2v) is 10.9. The number of amides is 1. The van der Waals surface area contributed by atoms with Gasteiger partial charge in [0.1, 0.15) is 0 Å². The van der Waals surface area contributed by atoms with E-state index in [1.165, 1.54) is 11.3 Å². The summed E-state index contributed by atoms with van der Waals surface area (Å²) in [7, 11) is -3.19. The Morgan fingerprint density at radius 3 is 2.73 bits per heavy atom. The molecule has 2 aliphatic rings. The van der Waals surface area contributed by atoms with Gasteiger partial charge in [0.05, 0.1) is 17.3 Å². The largest absolute Gasteiger partial charge is 0.333 e. The maximum absolute atomic E-state index is 12.6. The summed E-state index contributed by atoms with van der Waals surface area (Å²) in [5.41, 5.74) is 2.51. The SMILES string of the molecule is O=C(Nc1nc2c(s1)CN(S(=O)(=O)C1CC1)CC2)c1ccc(Cn2ccnc2)cc1. The topological polar surface area (TPSA) is 97.2 Å². The van der Waals surface area contributed by atoms with E-state index in [0.717, 1.165) is 29.0 Å². The molecule has 3 aromatic rings. The zero-order chi connectivity index (χ0) is 20.7. The molecule has 1 amide bonds.